The molecule has 0 fully saturated rings. The first-order chi connectivity index (χ1) is 8.34. The molecule has 3 rings (SSSR count). The van der Waals surface area contributed by atoms with Gasteiger partial charge in [0.05, 0.1) is 0 Å². The lowest BCUT2D eigenvalue weighted by Crippen LogP contribution is -2.20. The number of aryl methyl sites for hydroxylation is 1. The molecule has 0 atom stereocenters. The molecule has 0 spiro atoms. The molecule has 1 aliphatic heterocycles. The average Bonchev–Trinajstić information content (AvgIpc) is 2.76. The minimum Gasteiger partial charge on any atom is -0.352 e. The van der Waals surface area contributed by atoms with Crippen LogP contribution in [0.1, 0.15) is 16.7 Å². The molecule has 1 aromatic heterocycles. The minimum atomic E-state index is 0.963. The molecule has 0 saturated heterocycles. The van der Waals surface area contributed by atoms with E-state index in [0.29, 0.717) is 0 Å². The molecule has 2 nitrogen and oxygen atoms in total. The summed E-state index contributed by atoms with van der Waals surface area (Å²) in [6.07, 6.45) is 3.04. The highest BCUT2D eigenvalue weighted by atomic mass is 15.2. The van der Waals surface area contributed by atoms with E-state index in [4.69, 9.17) is 0 Å². The van der Waals surface area contributed by atoms with Gasteiger partial charge < -0.3 is 4.90 Å². The first kappa shape index (κ1) is 10.3. The van der Waals surface area contributed by atoms with Crippen LogP contribution in [0.2, 0.25) is 0 Å². The number of aromatic nitrogens is 1. The smallest absolute Gasteiger partial charge is 0.132 e. The molecule has 17 heavy (non-hydrogen) atoms. The molecule has 0 bridgehead atoms. The Bertz CT molecular complexity index is 520. The van der Waals surface area contributed by atoms with Crippen molar-refractivity contribution in [1.82, 2.24) is 4.98 Å². The van der Waals surface area contributed by atoms with E-state index in [2.05, 4.69) is 53.2 Å². The summed E-state index contributed by atoms with van der Waals surface area (Å²) in [5, 5.41) is 0. The van der Waals surface area contributed by atoms with Gasteiger partial charge in [-0.15, -0.1) is 0 Å². The zero-order valence-corrected chi connectivity index (χ0v) is 10.1. The third kappa shape index (κ3) is 1.91. The van der Waals surface area contributed by atoms with Crippen molar-refractivity contribution in [2.24, 2.45) is 0 Å². The maximum Gasteiger partial charge on any atom is 0.132 e. The fourth-order valence-corrected chi connectivity index (χ4v) is 2.47. The molecule has 0 amide bonds. The molecule has 1 aliphatic rings. The van der Waals surface area contributed by atoms with Crippen LogP contribution in [-0.4, -0.2) is 11.5 Å². The van der Waals surface area contributed by atoms with Crippen LogP contribution in [0.25, 0.3) is 0 Å². The van der Waals surface area contributed by atoms with Crippen molar-refractivity contribution in [3.8, 4) is 0 Å². The third-order valence-electron chi connectivity index (χ3n) is 3.41. The zero-order chi connectivity index (χ0) is 11.7. The van der Waals surface area contributed by atoms with Gasteiger partial charge in [0.2, 0.25) is 0 Å². The van der Waals surface area contributed by atoms with E-state index in [1.165, 1.54) is 22.5 Å². The van der Waals surface area contributed by atoms with Gasteiger partial charge in [0, 0.05) is 19.3 Å². The Kier molecular flexibility index (Phi) is 2.56. The number of nitrogens with zero attached hydrogens (tertiary/aromatic N) is 2. The van der Waals surface area contributed by atoms with Crippen LogP contribution in [0.15, 0.2) is 42.6 Å². The lowest BCUT2D eigenvalue weighted by Gasteiger charge is -2.18. The Morgan fingerprint density at radius 2 is 2.00 bits per heavy atom. The molecule has 1 aromatic carbocycles. The number of rotatable bonds is 2. The van der Waals surface area contributed by atoms with Crippen molar-refractivity contribution in [3.63, 3.8) is 0 Å². The van der Waals surface area contributed by atoms with Crippen LogP contribution in [0.3, 0.4) is 0 Å². The third-order valence-corrected chi connectivity index (χ3v) is 3.41. The van der Waals surface area contributed by atoms with Crippen molar-refractivity contribution in [2.75, 3.05) is 11.4 Å². The van der Waals surface area contributed by atoms with Gasteiger partial charge in [0.1, 0.15) is 5.82 Å². The Morgan fingerprint density at radius 1 is 1.18 bits per heavy atom. The standard InChI is InChI=1S/C15H16N2/c1-12-7-9-16-15-14(12)8-10-17(15)11-13-5-3-2-4-6-13/h2-7,9H,8,10-11H2,1H3. The fraction of sp³-hybridized carbons (Fsp3) is 0.267. The molecule has 0 unspecified atom stereocenters. The minimum absolute atomic E-state index is 0.963. The summed E-state index contributed by atoms with van der Waals surface area (Å²) in [4.78, 5) is 6.90. The van der Waals surface area contributed by atoms with Crippen molar-refractivity contribution >= 4 is 5.82 Å². The molecular weight excluding hydrogens is 208 g/mol. The summed E-state index contributed by atoms with van der Waals surface area (Å²) in [7, 11) is 0. The fourth-order valence-electron chi connectivity index (χ4n) is 2.47. The van der Waals surface area contributed by atoms with E-state index in [-0.39, 0.29) is 0 Å². The molecule has 0 saturated carbocycles. The second-order valence-corrected chi connectivity index (χ2v) is 4.59. The number of benzene rings is 1. The van der Waals surface area contributed by atoms with Crippen LogP contribution in [0, 0.1) is 6.92 Å². The summed E-state index contributed by atoms with van der Waals surface area (Å²) in [5.74, 6) is 1.17. The predicted octanol–water partition coefficient (Wildman–Crippen LogP) is 2.95. The van der Waals surface area contributed by atoms with E-state index in [9.17, 15) is 0 Å². The molecule has 0 N–H and O–H groups in total. The van der Waals surface area contributed by atoms with Crippen molar-refractivity contribution in [2.45, 2.75) is 19.9 Å². The lowest BCUT2D eigenvalue weighted by atomic mass is 10.1. The Hall–Kier alpha value is -1.83. The Labute approximate surface area is 102 Å². The van der Waals surface area contributed by atoms with E-state index in [1.54, 1.807) is 0 Å². The maximum atomic E-state index is 4.52. The first-order valence-electron chi connectivity index (χ1n) is 6.08. The highest BCUT2D eigenvalue weighted by Gasteiger charge is 2.21. The van der Waals surface area contributed by atoms with Gasteiger partial charge in [-0.1, -0.05) is 30.3 Å². The van der Waals surface area contributed by atoms with Gasteiger partial charge in [-0.05, 0) is 36.1 Å². The van der Waals surface area contributed by atoms with Gasteiger partial charge in [-0.25, -0.2) is 4.98 Å². The second kappa shape index (κ2) is 4.21. The molecule has 2 heterocycles. The molecular formula is C15H16N2. The van der Waals surface area contributed by atoms with E-state index in [0.717, 1.165) is 19.5 Å². The van der Waals surface area contributed by atoms with Crippen LogP contribution < -0.4 is 4.90 Å². The lowest BCUT2D eigenvalue weighted by molar-refractivity contribution is 0.825. The SMILES string of the molecule is Cc1ccnc2c1CCN2Cc1ccccc1. The summed E-state index contributed by atoms with van der Waals surface area (Å²) >= 11 is 0. The molecule has 2 heteroatoms. The average molecular weight is 224 g/mol. The molecule has 2 aromatic rings. The number of fused-ring (bicyclic) bond motifs is 1. The summed E-state index contributed by atoms with van der Waals surface area (Å²) < 4.78 is 0. The van der Waals surface area contributed by atoms with Crippen molar-refractivity contribution in [3.05, 3.63) is 59.3 Å². The highest BCUT2D eigenvalue weighted by Crippen LogP contribution is 2.28. The Morgan fingerprint density at radius 3 is 2.82 bits per heavy atom. The van der Waals surface area contributed by atoms with Crippen LogP contribution in [0.4, 0.5) is 5.82 Å². The van der Waals surface area contributed by atoms with Crippen LogP contribution >= 0.6 is 0 Å². The largest absolute Gasteiger partial charge is 0.352 e. The number of hydrogen-bond donors (Lipinski definition) is 0. The van der Waals surface area contributed by atoms with Gasteiger partial charge in [0.15, 0.2) is 0 Å². The zero-order valence-electron chi connectivity index (χ0n) is 10.1. The molecule has 0 aliphatic carbocycles. The van der Waals surface area contributed by atoms with Gasteiger partial charge in [-0.3, -0.25) is 0 Å². The number of anilines is 1. The topological polar surface area (TPSA) is 16.1 Å². The van der Waals surface area contributed by atoms with Crippen LogP contribution in [-0.2, 0) is 13.0 Å². The molecule has 0 radical (unpaired) electrons. The number of hydrogen-bond acceptors (Lipinski definition) is 2. The summed E-state index contributed by atoms with van der Waals surface area (Å²) in [6.45, 7) is 4.22. The highest BCUT2D eigenvalue weighted by molar-refractivity contribution is 5.55. The quantitative estimate of drug-likeness (QED) is 0.779. The van der Waals surface area contributed by atoms with E-state index < -0.39 is 0 Å². The van der Waals surface area contributed by atoms with Crippen LogP contribution in [0.5, 0.6) is 0 Å². The second-order valence-electron chi connectivity index (χ2n) is 4.59. The van der Waals surface area contributed by atoms with E-state index in [1.807, 2.05) is 6.20 Å². The first-order valence-corrected chi connectivity index (χ1v) is 6.08. The van der Waals surface area contributed by atoms with Gasteiger partial charge >= 0.3 is 0 Å². The molecule has 86 valence electrons. The van der Waals surface area contributed by atoms with Gasteiger partial charge in [-0.2, -0.15) is 0 Å². The Balaban J connectivity index is 1.87. The monoisotopic (exact) mass is 224 g/mol. The van der Waals surface area contributed by atoms with Gasteiger partial charge in [0.25, 0.3) is 0 Å². The van der Waals surface area contributed by atoms with Crippen molar-refractivity contribution in [1.29, 1.82) is 0 Å². The number of pyridine rings is 1. The summed E-state index contributed by atoms with van der Waals surface area (Å²) in [5.41, 5.74) is 4.14. The normalized spacial score (nSPS) is 13.8. The van der Waals surface area contributed by atoms with E-state index >= 15 is 0 Å². The predicted molar refractivity (Wildman–Crippen MR) is 70.2 cm³/mol. The van der Waals surface area contributed by atoms with Crippen molar-refractivity contribution < 1.29 is 0 Å². The summed E-state index contributed by atoms with van der Waals surface area (Å²) in [6, 6.07) is 12.7. The maximum absolute atomic E-state index is 4.52.